The van der Waals surface area contributed by atoms with E-state index >= 15 is 0 Å². The van der Waals surface area contributed by atoms with Gasteiger partial charge in [-0.15, -0.1) is 0 Å². The summed E-state index contributed by atoms with van der Waals surface area (Å²) in [4.78, 5) is 18.7. The van der Waals surface area contributed by atoms with Crippen molar-refractivity contribution in [3.8, 4) is 0 Å². The van der Waals surface area contributed by atoms with Crippen molar-refractivity contribution in [1.29, 1.82) is 0 Å². The molecular formula is C11H11N3O. The number of pyridine rings is 1. The zero-order chi connectivity index (χ0) is 10.7. The average molecular weight is 201 g/mol. The highest BCUT2D eigenvalue weighted by atomic mass is 16.1. The maximum absolute atomic E-state index is 10.5. The summed E-state index contributed by atoms with van der Waals surface area (Å²) in [5.41, 5.74) is 1.39. The Kier molecular flexibility index (Phi) is 2.58. The highest BCUT2D eigenvalue weighted by Gasteiger charge is 2.08. The molecule has 2 heterocycles. The molecule has 2 aromatic heterocycles. The van der Waals surface area contributed by atoms with Crippen LogP contribution in [0.3, 0.4) is 0 Å². The van der Waals surface area contributed by atoms with Crippen LogP contribution in [-0.2, 0) is 0 Å². The minimum atomic E-state index is 0.0902. The fourth-order valence-electron chi connectivity index (χ4n) is 1.40. The van der Waals surface area contributed by atoms with Crippen molar-refractivity contribution in [2.75, 3.05) is 0 Å². The Morgan fingerprint density at radius 1 is 1.40 bits per heavy atom. The van der Waals surface area contributed by atoms with E-state index in [1.54, 1.807) is 18.7 Å². The molecule has 15 heavy (non-hydrogen) atoms. The molecule has 0 saturated heterocycles. The molecule has 2 aromatic rings. The molecule has 0 aliphatic rings. The first-order chi connectivity index (χ1) is 7.31. The van der Waals surface area contributed by atoms with Gasteiger partial charge in [0.05, 0.1) is 18.1 Å². The highest BCUT2D eigenvalue weighted by molar-refractivity contribution is 5.70. The van der Waals surface area contributed by atoms with Crippen LogP contribution in [0.15, 0.2) is 36.9 Å². The summed E-state index contributed by atoms with van der Waals surface area (Å²) in [5, 5.41) is 0. The van der Waals surface area contributed by atoms with E-state index in [2.05, 4.69) is 9.97 Å². The summed E-state index contributed by atoms with van der Waals surface area (Å²) in [5.74, 6) is 0. The summed E-state index contributed by atoms with van der Waals surface area (Å²) in [6.07, 6.45) is 5.85. The normalized spacial score (nSPS) is 12.3. The Balaban J connectivity index is 2.28. The number of hydrogen-bond acceptors (Lipinski definition) is 3. The number of rotatable bonds is 3. The van der Waals surface area contributed by atoms with Crippen LogP contribution in [0.2, 0.25) is 0 Å². The molecule has 76 valence electrons. The van der Waals surface area contributed by atoms with E-state index in [1.165, 1.54) is 0 Å². The summed E-state index contributed by atoms with van der Waals surface area (Å²) in [7, 11) is 0. The van der Waals surface area contributed by atoms with Crippen molar-refractivity contribution in [1.82, 2.24) is 14.5 Å². The molecule has 0 saturated carbocycles. The van der Waals surface area contributed by atoms with E-state index in [-0.39, 0.29) is 6.04 Å². The molecule has 0 aliphatic heterocycles. The lowest BCUT2D eigenvalue weighted by molar-refractivity contribution is 0.111. The van der Waals surface area contributed by atoms with Gasteiger partial charge in [0, 0.05) is 12.4 Å². The van der Waals surface area contributed by atoms with Crippen LogP contribution in [0.25, 0.3) is 0 Å². The molecule has 0 bridgehead atoms. The average Bonchev–Trinajstić information content (AvgIpc) is 2.78. The van der Waals surface area contributed by atoms with Gasteiger partial charge >= 0.3 is 0 Å². The number of hydrogen-bond donors (Lipinski definition) is 0. The Morgan fingerprint density at radius 2 is 2.27 bits per heavy atom. The molecule has 2 rings (SSSR count). The third-order valence-corrected chi connectivity index (χ3v) is 2.31. The van der Waals surface area contributed by atoms with Gasteiger partial charge in [-0.25, -0.2) is 4.98 Å². The third kappa shape index (κ3) is 1.93. The second-order valence-corrected chi connectivity index (χ2v) is 3.29. The van der Waals surface area contributed by atoms with Crippen LogP contribution < -0.4 is 0 Å². The molecule has 0 N–H and O–H groups in total. The zero-order valence-electron chi connectivity index (χ0n) is 8.37. The van der Waals surface area contributed by atoms with Crippen molar-refractivity contribution < 1.29 is 4.79 Å². The number of carbonyl (C=O) groups excluding carboxylic acids is 1. The number of imidazole rings is 1. The van der Waals surface area contributed by atoms with Crippen LogP contribution in [0.4, 0.5) is 0 Å². The molecule has 4 heteroatoms. The Hall–Kier alpha value is -1.97. The fourth-order valence-corrected chi connectivity index (χ4v) is 1.40. The lowest BCUT2D eigenvalue weighted by atomic mass is 10.2. The van der Waals surface area contributed by atoms with E-state index in [4.69, 9.17) is 0 Å². The fraction of sp³-hybridized carbons (Fsp3) is 0.182. The van der Waals surface area contributed by atoms with E-state index in [0.717, 1.165) is 12.0 Å². The minimum absolute atomic E-state index is 0.0902. The molecule has 4 nitrogen and oxygen atoms in total. The molecule has 0 amide bonds. The van der Waals surface area contributed by atoms with Gasteiger partial charge in [0.15, 0.2) is 6.29 Å². The maximum atomic E-state index is 10.5. The quantitative estimate of drug-likeness (QED) is 0.710. The summed E-state index contributed by atoms with van der Waals surface area (Å²) in [6.45, 7) is 2.01. The molecule has 0 spiro atoms. The largest absolute Gasteiger partial charge is 0.328 e. The van der Waals surface area contributed by atoms with Crippen molar-refractivity contribution in [3.63, 3.8) is 0 Å². The van der Waals surface area contributed by atoms with Gasteiger partial charge in [-0.3, -0.25) is 9.78 Å². The monoisotopic (exact) mass is 201 g/mol. The molecule has 0 aromatic carbocycles. The van der Waals surface area contributed by atoms with Gasteiger partial charge in [-0.05, 0) is 19.1 Å². The first-order valence-electron chi connectivity index (χ1n) is 4.71. The Morgan fingerprint density at radius 3 is 2.87 bits per heavy atom. The Labute approximate surface area is 87.6 Å². The summed E-state index contributed by atoms with van der Waals surface area (Å²) < 4.78 is 1.87. The number of carbonyl (C=O) groups is 1. The number of aldehydes is 1. The lowest BCUT2D eigenvalue weighted by Gasteiger charge is -2.11. The molecule has 0 unspecified atom stereocenters. The highest BCUT2D eigenvalue weighted by Crippen LogP contribution is 2.14. The second-order valence-electron chi connectivity index (χ2n) is 3.29. The van der Waals surface area contributed by atoms with Crippen molar-refractivity contribution in [2.24, 2.45) is 0 Å². The maximum Gasteiger partial charge on any atom is 0.169 e. The third-order valence-electron chi connectivity index (χ3n) is 2.31. The van der Waals surface area contributed by atoms with Gasteiger partial charge in [0.25, 0.3) is 0 Å². The van der Waals surface area contributed by atoms with E-state index < -0.39 is 0 Å². The predicted molar refractivity (Wildman–Crippen MR) is 55.7 cm³/mol. The predicted octanol–water partition coefficient (Wildman–Crippen LogP) is 1.70. The first kappa shape index (κ1) is 9.58. The molecule has 1 atom stereocenters. The lowest BCUT2D eigenvalue weighted by Crippen LogP contribution is -2.05. The van der Waals surface area contributed by atoms with Crippen molar-refractivity contribution in [3.05, 3.63) is 48.3 Å². The van der Waals surface area contributed by atoms with Crippen LogP contribution in [-0.4, -0.2) is 20.8 Å². The van der Waals surface area contributed by atoms with Gasteiger partial charge in [-0.2, -0.15) is 0 Å². The van der Waals surface area contributed by atoms with Crippen LogP contribution in [0.5, 0.6) is 0 Å². The molecule has 0 aliphatic carbocycles. The van der Waals surface area contributed by atoms with Gasteiger partial charge in [0.1, 0.15) is 5.69 Å². The van der Waals surface area contributed by atoms with Crippen molar-refractivity contribution >= 4 is 6.29 Å². The molecule has 0 fully saturated rings. The van der Waals surface area contributed by atoms with E-state index in [1.807, 2.05) is 29.7 Å². The standard InChI is InChI=1S/C11H11N3O/c1-9(11-4-2-3-5-12-11)14-6-10(7-15)13-8-14/h2-9H,1H3/t9-/m0/s1. The number of aromatic nitrogens is 3. The number of nitrogens with zero attached hydrogens (tertiary/aromatic N) is 3. The summed E-state index contributed by atoms with van der Waals surface area (Å²) >= 11 is 0. The van der Waals surface area contributed by atoms with Crippen LogP contribution in [0, 0.1) is 0 Å². The smallest absolute Gasteiger partial charge is 0.169 e. The summed E-state index contributed by atoms with van der Waals surface area (Å²) in [6, 6.07) is 5.86. The van der Waals surface area contributed by atoms with E-state index in [9.17, 15) is 4.79 Å². The molecule has 0 radical (unpaired) electrons. The SMILES string of the molecule is C[C@@H](c1ccccn1)n1cnc(C=O)c1. The van der Waals surface area contributed by atoms with Crippen LogP contribution >= 0.6 is 0 Å². The van der Waals surface area contributed by atoms with Gasteiger partial charge in [-0.1, -0.05) is 6.07 Å². The van der Waals surface area contributed by atoms with Crippen molar-refractivity contribution in [2.45, 2.75) is 13.0 Å². The van der Waals surface area contributed by atoms with E-state index in [0.29, 0.717) is 5.69 Å². The van der Waals surface area contributed by atoms with Crippen LogP contribution in [0.1, 0.15) is 29.1 Å². The zero-order valence-corrected chi connectivity index (χ0v) is 8.37. The second kappa shape index (κ2) is 4.04. The van der Waals surface area contributed by atoms with Gasteiger partial charge < -0.3 is 4.57 Å². The van der Waals surface area contributed by atoms with Gasteiger partial charge in [0.2, 0.25) is 0 Å². The topological polar surface area (TPSA) is 47.8 Å². The first-order valence-corrected chi connectivity index (χ1v) is 4.71. The minimum Gasteiger partial charge on any atom is -0.328 e. The Bertz CT molecular complexity index is 450. The molecular weight excluding hydrogens is 190 g/mol.